The molecule has 1 aromatic heterocycles. The number of nitrogens with two attached hydrogens (primary N) is 1. The van der Waals surface area contributed by atoms with E-state index in [1.54, 1.807) is 23.7 Å². The van der Waals surface area contributed by atoms with Crippen molar-refractivity contribution < 1.29 is 4.39 Å². The molecule has 1 atom stereocenters. The van der Waals surface area contributed by atoms with Crippen LogP contribution in [-0.4, -0.2) is 28.3 Å². The van der Waals surface area contributed by atoms with E-state index in [-0.39, 0.29) is 24.1 Å². The lowest BCUT2D eigenvalue weighted by atomic mass is 10.1. The Morgan fingerprint density at radius 3 is 2.86 bits per heavy atom. The summed E-state index contributed by atoms with van der Waals surface area (Å²) in [5.41, 5.74) is 9.06. The number of fused-ring (bicyclic) bond motifs is 1. The maximum atomic E-state index is 14.4. The van der Waals surface area contributed by atoms with E-state index < -0.39 is 0 Å². The number of rotatable bonds is 3. The molecule has 28 heavy (non-hydrogen) atoms. The average Bonchev–Trinajstić information content (AvgIpc) is 2.92. The molecule has 0 aliphatic carbocycles. The highest BCUT2D eigenvalue weighted by molar-refractivity contribution is 5.90. The molecule has 6 nitrogen and oxygen atoms in total. The Morgan fingerprint density at radius 1 is 1.32 bits per heavy atom. The Balaban J connectivity index is 1.92. The van der Waals surface area contributed by atoms with Gasteiger partial charge in [0.05, 0.1) is 34.9 Å². The highest BCUT2D eigenvalue weighted by atomic mass is 19.1. The Labute approximate surface area is 162 Å². The van der Waals surface area contributed by atoms with Crippen molar-refractivity contribution in [2.24, 2.45) is 12.8 Å². The fraction of sp³-hybridized carbons (Fsp3) is 0.333. The van der Waals surface area contributed by atoms with Crippen molar-refractivity contribution in [1.29, 1.82) is 5.26 Å². The number of aryl methyl sites for hydroxylation is 1. The van der Waals surface area contributed by atoms with Crippen LogP contribution in [0.15, 0.2) is 41.2 Å². The van der Waals surface area contributed by atoms with Crippen LogP contribution in [0.25, 0.3) is 11.0 Å². The molecule has 4 rings (SSSR count). The van der Waals surface area contributed by atoms with Crippen molar-refractivity contribution >= 4 is 16.7 Å². The predicted octanol–water partition coefficient (Wildman–Crippen LogP) is 2.33. The van der Waals surface area contributed by atoms with Crippen LogP contribution >= 0.6 is 0 Å². The SMILES string of the molecule is Cn1c(=O)n(Cc2ccccc2C#N)c2c(N3CCC[C@@H](N)C3)cc(F)cc21. The molecule has 0 bridgehead atoms. The number of nitrogens with zero attached hydrogens (tertiary/aromatic N) is 4. The van der Waals surface area contributed by atoms with Gasteiger partial charge in [0.2, 0.25) is 0 Å². The zero-order valence-corrected chi connectivity index (χ0v) is 15.7. The fourth-order valence-electron chi connectivity index (χ4n) is 4.04. The highest BCUT2D eigenvalue weighted by Gasteiger charge is 2.24. The van der Waals surface area contributed by atoms with Crippen molar-refractivity contribution in [3.8, 4) is 6.07 Å². The molecule has 3 aromatic rings. The summed E-state index contributed by atoms with van der Waals surface area (Å²) in [7, 11) is 1.64. The van der Waals surface area contributed by atoms with Gasteiger partial charge in [0.25, 0.3) is 0 Å². The van der Waals surface area contributed by atoms with Gasteiger partial charge in [-0.1, -0.05) is 18.2 Å². The first-order valence-corrected chi connectivity index (χ1v) is 9.37. The summed E-state index contributed by atoms with van der Waals surface area (Å²) >= 11 is 0. The van der Waals surface area contributed by atoms with E-state index in [2.05, 4.69) is 11.0 Å². The second-order valence-electron chi connectivity index (χ2n) is 7.34. The van der Waals surface area contributed by atoms with Gasteiger partial charge in [0.1, 0.15) is 5.82 Å². The summed E-state index contributed by atoms with van der Waals surface area (Å²) in [5, 5.41) is 9.39. The summed E-state index contributed by atoms with van der Waals surface area (Å²) in [6.07, 6.45) is 1.86. The van der Waals surface area contributed by atoms with Crippen LogP contribution in [0.1, 0.15) is 24.0 Å². The number of nitriles is 1. The molecule has 7 heteroatoms. The number of hydrogen-bond acceptors (Lipinski definition) is 4. The minimum absolute atomic E-state index is 0.0234. The monoisotopic (exact) mass is 379 g/mol. The number of aromatic nitrogens is 2. The standard InChI is InChI=1S/C21H22FN5O/c1-25-18-9-16(22)10-19(26-8-4-7-17(24)13-26)20(18)27(21(25)28)12-15-6-3-2-5-14(15)11-23/h2-3,5-6,9-10,17H,4,7-8,12-13,24H2,1H3/t17-/m1/s1. The van der Waals surface area contributed by atoms with Gasteiger partial charge in [0.15, 0.2) is 0 Å². The number of benzene rings is 2. The molecule has 0 radical (unpaired) electrons. The molecular formula is C21H22FN5O. The third-order valence-corrected chi connectivity index (χ3v) is 5.45. The van der Waals surface area contributed by atoms with Crippen LogP contribution in [0.2, 0.25) is 0 Å². The van der Waals surface area contributed by atoms with Crippen LogP contribution in [0.3, 0.4) is 0 Å². The minimum Gasteiger partial charge on any atom is -0.368 e. The van der Waals surface area contributed by atoms with Gasteiger partial charge >= 0.3 is 5.69 Å². The van der Waals surface area contributed by atoms with Crippen molar-refractivity contribution in [3.05, 3.63) is 63.8 Å². The van der Waals surface area contributed by atoms with Gasteiger partial charge < -0.3 is 10.6 Å². The average molecular weight is 379 g/mol. The molecule has 1 saturated heterocycles. The minimum atomic E-state index is -0.383. The van der Waals surface area contributed by atoms with E-state index in [4.69, 9.17) is 5.73 Å². The highest BCUT2D eigenvalue weighted by Crippen LogP contribution is 2.30. The summed E-state index contributed by atoms with van der Waals surface area (Å²) in [5.74, 6) is -0.383. The molecule has 0 amide bonds. The lowest BCUT2D eigenvalue weighted by molar-refractivity contribution is 0.505. The van der Waals surface area contributed by atoms with Crippen molar-refractivity contribution in [2.75, 3.05) is 18.0 Å². The van der Waals surface area contributed by atoms with E-state index >= 15 is 0 Å². The molecule has 1 fully saturated rings. The second-order valence-corrected chi connectivity index (χ2v) is 7.34. The van der Waals surface area contributed by atoms with Crippen LogP contribution in [0, 0.1) is 17.1 Å². The van der Waals surface area contributed by atoms with Crippen LogP contribution in [-0.2, 0) is 13.6 Å². The maximum absolute atomic E-state index is 14.4. The number of piperidine rings is 1. The summed E-state index contributed by atoms with van der Waals surface area (Å²) in [6.45, 7) is 1.64. The van der Waals surface area contributed by atoms with Gasteiger partial charge in [-0.3, -0.25) is 9.13 Å². The first-order valence-electron chi connectivity index (χ1n) is 9.37. The third kappa shape index (κ3) is 3.06. The summed E-state index contributed by atoms with van der Waals surface area (Å²) < 4.78 is 17.5. The fourth-order valence-corrected chi connectivity index (χ4v) is 4.04. The van der Waals surface area contributed by atoms with Crippen molar-refractivity contribution in [1.82, 2.24) is 9.13 Å². The number of anilines is 1. The van der Waals surface area contributed by atoms with Gasteiger partial charge in [-0.05, 0) is 36.6 Å². The number of halogens is 1. The topological polar surface area (TPSA) is 80.0 Å². The van der Waals surface area contributed by atoms with E-state index in [1.807, 2.05) is 12.1 Å². The van der Waals surface area contributed by atoms with Gasteiger partial charge in [-0.15, -0.1) is 0 Å². The van der Waals surface area contributed by atoms with Crippen molar-refractivity contribution in [2.45, 2.75) is 25.4 Å². The summed E-state index contributed by atoms with van der Waals surface area (Å²) in [6, 6.07) is 12.3. The smallest absolute Gasteiger partial charge is 0.329 e. The largest absolute Gasteiger partial charge is 0.368 e. The Morgan fingerprint density at radius 2 is 2.11 bits per heavy atom. The lowest BCUT2D eigenvalue weighted by Crippen LogP contribution is -2.43. The zero-order valence-electron chi connectivity index (χ0n) is 15.7. The molecule has 1 aliphatic rings. The maximum Gasteiger partial charge on any atom is 0.329 e. The molecule has 2 aromatic carbocycles. The van der Waals surface area contributed by atoms with Crippen LogP contribution in [0.5, 0.6) is 0 Å². The van der Waals surface area contributed by atoms with E-state index in [0.717, 1.165) is 24.9 Å². The lowest BCUT2D eigenvalue weighted by Gasteiger charge is -2.33. The Hall–Kier alpha value is -3.11. The molecule has 0 saturated carbocycles. The molecule has 0 unspecified atom stereocenters. The van der Waals surface area contributed by atoms with E-state index in [9.17, 15) is 14.4 Å². The first kappa shape index (κ1) is 18.3. The van der Waals surface area contributed by atoms with Crippen LogP contribution in [0.4, 0.5) is 10.1 Å². The van der Waals surface area contributed by atoms with E-state index in [0.29, 0.717) is 28.8 Å². The van der Waals surface area contributed by atoms with Gasteiger partial charge in [-0.2, -0.15) is 5.26 Å². The quantitative estimate of drug-likeness (QED) is 0.757. The van der Waals surface area contributed by atoms with Crippen LogP contribution < -0.4 is 16.3 Å². The molecular weight excluding hydrogens is 357 g/mol. The van der Waals surface area contributed by atoms with Crippen molar-refractivity contribution in [3.63, 3.8) is 0 Å². The third-order valence-electron chi connectivity index (χ3n) is 5.45. The number of hydrogen-bond donors (Lipinski definition) is 1. The summed E-state index contributed by atoms with van der Waals surface area (Å²) in [4.78, 5) is 15.0. The second kappa shape index (κ2) is 7.13. The number of imidazole rings is 1. The van der Waals surface area contributed by atoms with Gasteiger partial charge in [0, 0.05) is 26.2 Å². The molecule has 0 spiro atoms. The Bertz CT molecular complexity index is 1140. The van der Waals surface area contributed by atoms with Gasteiger partial charge in [-0.25, -0.2) is 9.18 Å². The zero-order chi connectivity index (χ0) is 19.8. The normalized spacial score (nSPS) is 17.1. The molecule has 2 N–H and O–H groups in total. The molecule has 2 heterocycles. The molecule has 144 valence electrons. The van der Waals surface area contributed by atoms with E-state index in [1.165, 1.54) is 16.7 Å². The predicted molar refractivity (Wildman–Crippen MR) is 107 cm³/mol. The first-order chi connectivity index (χ1) is 13.5. The Kier molecular flexibility index (Phi) is 4.65. The molecule has 1 aliphatic heterocycles.